The number of aromatic hydroxyl groups is 1. The second-order valence-corrected chi connectivity index (χ2v) is 10.0. The number of benzene rings is 1. The van der Waals surface area contributed by atoms with Gasteiger partial charge in [0.2, 0.25) is 0 Å². The highest BCUT2D eigenvalue weighted by molar-refractivity contribution is 5.49. The molecule has 3 heteroatoms. The fourth-order valence-corrected chi connectivity index (χ4v) is 3.03. The van der Waals surface area contributed by atoms with Crippen LogP contribution in [0, 0.1) is 0 Å². The van der Waals surface area contributed by atoms with Crippen molar-refractivity contribution in [2.24, 2.45) is 0 Å². The molecule has 1 rings (SSSR count). The van der Waals surface area contributed by atoms with Gasteiger partial charge in [-0.25, -0.2) is 0 Å². The molecule has 0 aromatic heterocycles. The minimum atomic E-state index is -0.0884. The highest BCUT2D eigenvalue weighted by Gasteiger charge is 2.28. The molecule has 0 fully saturated rings. The topological polar surface area (TPSA) is 29.5 Å². The second-order valence-electron chi connectivity index (χ2n) is 10.0. The molecule has 0 saturated carbocycles. The minimum absolute atomic E-state index is 0.0884. The van der Waals surface area contributed by atoms with Crippen molar-refractivity contribution in [1.82, 2.24) is 0 Å². The Hall–Kier alpha value is -1.06. The largest absolute Gasteiger partial charge is 0.507 e. The molecular formula is C22H40NO2+. The molecule has 1 aromatic rings. The number of unbranched alkanes of at least 4 members (excludes halogenated alkanes) is 1. The molecule has 0 heterocycles. The van der Waals surface area contributed by atoms with E-state index in [4.69, 9.17) is 4.74 Å². The lowest BCUT2D eigenvalue weighted by Gasteiger charge is -2.32. The third-order valence-electron chi connectivity index (χ3n) is 4.48. The van der Waals surface area contributed by atoms with E-state index in [2.05, 4.69) is 74.7 Å². The molecule has 0 bridgehead atoms. The average Bonchev–Trinajstić information content (AvgIpc) is 2.42. The van der Waals surface area contributed by atoms with E-state index in [-0.39, 0.29) is 10.8 Å². The third kappa shape index (κ3) is 6.63. The van der Waals surface area contributed by atoms with Gasteiger partial charge in [0.05, 0.1) is 20.7 Å². The number of nitrogens with zero attached hydrogens (tertiary/aromatic N) is 1. The van der Waals surface area contributed by atoms with Crippen LogP contribution in [-0.2, 0) is 22.1 Å². The number of rotatable bonds is 7. The van der Waals surface area contributed by atoms with E-state index in [0.29, 0.717) is 12.5 Å². The first-order valence-electron chi connectivity index (χ1n) is 9.54. The summed E-state index contributed by atoms with van der Waals surface area (Å²) in [6.07, 6.45) is 2.27. The molecule has 1 aromatic carbocycles. The van der Waals surface area contributed by atoms with Gasteiger partial charge in [-0.1, -0.05) is 54.9 Å². The van der Waals surface area contributed by atoms with Crippen LogP contribution in [0.5, 0.6) is 5.75 Å². The molecule has 25 heavy (non-hydrogen) atoms. The second kappa shape index (κ2) is 8.09. The van der Waals surface area contributed by atoms with Gasteiger partial charge in [-0.2, -0.15) is 0 Å². The van der Waals surface area contributed by atoms with E-state index < -0.39 is 0 Å². The molecule has 0 spiro atoms. The lowest BCUT2D eigenvalue weighted by Crippen LogP contribution is -2.41. The van der Waals surface area contributed by atoms with Crippen LogP contribution in [0.1, 0.15) is 78.0 Å². The van der Waals surface area contributed by atoms with E-state index in [0.717, 1.165) is 41.6 Å². The lowest BCUT2D eigenvalue weighted by atomic mass is 9.78. The lowest BCUT2D eigenvalue weighted by molar-refractivity contribution is -0.922. The molecule has 3 nitrogen and oxygen atoms in total. The van der Waals surface area contributed by atoms with Crippen LogP contribution in [-0.4, -0.2) is 37.0 Å². The Balaban J connectivity index is 3.14. The third-order valence-corrected chi connectivity index (χ3v) is 4.48. The van der Waals surface area contributed by atoms with Crippen molar-refractivity contribution < 1.29 is 14.3 Å². The van der Waals surface area contributed by atoms with Gasteiger partial charge in [0, 0.05) is 16.7 Å². The average molecular weight is 351 g/mol. The fraction of sp³-hybridized carbons (Fsp3) is 0.727. The molecular weight excluding hydrogens is 310 g/mol. The summed E-state index contributed by atoms with van der Waals surface area (Å²) in [6, 6.07) is 4.35. The van der Waals surface area contributed by atoms with Crippen LogP contribution in [0.15, 0.2) is 12.1 Å². The summed E-state index contributed by atoms with van der Waals surface area (Å²) in [5, 5.41) is 10.9. The van der Waals surface area contributed by atoms with Crippen LogP contribution >= 0.6 is 0 Å². The quantitative estimate of drug-likeness (QED) is 0.409. The Kier molecular flexibility index (Phi) is 7.12. The Morgan fingerprint density at radius 3 is 1.84 bits per heavy atom. The summed E-state index contributed by atoms with van der Waals surface area (Å²) < 4.78 is 6.63. The minimum Gasteiger partial charge on any atom is -0.507 e. The highest BCUT2D eigenvalue weighted by atomic mass is 16.5. The molecule has 144 valence electrons. The van der Waals surface area contributed by atoms with E-state index >= 15 is 0 Å². The van der Waals surface area contributed by atoms with Gasteiger partial charge < -0.3 is 14.3 Å². The predicted octanol–water partition coefficient (Wildman–Crippen LogP) is 5.34. The van der Waals surface area contributed by atoms with Crippen molar-refractivity contribution in [3.63, 3.8) is 0 Å². The SMILES string of the molecule is CCCCOC[N+](C)(C)Cc1cc(C(C)(C)C)c(O)c(C(C)(C)C)c1. The van der Waals surface area contributed by atoms with Crippen molar-refractivity contribution >= 4 is 0 Å². The smallest absolute Gasteiger partial charge is 0.182 e. The van der Waals surface area contributed by atoms with Crippen molar-refractivity contribution in [2.45, 2.75) is 78.7 Å². The number of hydrogen-bond donors (Lipinski definition) is 1. The summed E-state index contributed by atoms with van der Waals surface area (Å²) in [5.74, 6) is 0.452. The van der Waals surface area contributed by atoms with Gasteiger partial charge in [-0.3, -0.25) is 0 Å². The van der Waals surface area contributed by atoms with E-state index in [1.54, 1.807) is 0 Å². The van der Waals surface area contributed by atoms with E-state index in [1.807, 2.05) is 0 Å². The van der Waals surface area contributed by atoms with Gasteiger partial charge in [0.25, 0.3) is 0 Å². The van der Waals surface area contributed by atoms with Crippen LogP contribution < -0.4 is 0 Å². The van der Waals surface area contributed by atoms with E-state index in [9.17, 15) is 5.11 Å². The van der Waals surface area contributed by atoms with Gasteiger partial charge in [-0.05, 0) is 29.4 Å². The number of phenols is 1. The molecule has 0 aliphatic rings. The maximum Gasteiger partial charge on any atom is 0.182 e. The van der Waals surface area contributed by atoms with E-state index in [1.165, 1.54) is 5.56 Å². The number of ether oxygens (including phenoxy) is 1. The van der Waals surface area contributed by atoms with Crippen LogP contribution in [0.2, 0.25) is 0 Å². The van der Waals surface area contributed by atoms with Gasteiger partial charge in [0.1, 0.15) is 12.3 Å². The molecule has 0 aliphatic carbocycles. The fourth-order valence-electron chi connectivity index (χ4n) is 3.03. The maximum atomic E-state index is 10.9. The van der Waals surface area contributed by atoms with Crippen molar-refractivity contribution in [1.29, 1.82) is 0 Å². The van der Waals surface area contributed by atoms with Crippen LogP contribution in [0.25, 0.3) is 0 Å². The zero-order chi connectivity index (χ0) is 19.5. The summed E-state index contributed by atoms with van der Waals surface area (Å²) in [7, 11) is 4.40. The van der Waals surface area contributed by atoms with Gasteiger partial charge in [0.15, 0.2) is 6.73 Å². The van der Waals surface area contributed by atoms with Crippen molar-refractivity contribution in [3.8, 4) is 5.75 Å². The molecule has 0 radical (unpaired) electrons. The summed E-state index contributed by atoms with van der Waals surface area (Å²) in [4.78, 5) is 0. The first-order valence-corrected chi connectivity index (χ1v) is 9.54. The Bertz CT molecular complexity index is 527. The van der Waals surface area contributed by atoms with Crippen molar-refractivity contribution in [3.05, 3.63) is 28.8 Å². The normalized spacial score (nSPS) is 13.3. The molecule has 0 aliphatic heterocycles. The van der Waals surface area contributed by atoms with Crippen LogP contribution in [0.4, 0.5) is 0 Å². The first-order chi connectivity index (χ1) is 11.3. The monoisotopic (exact) mass is 350 g/mol. The molecule has 0 atom stereocenters. The highest BCUT2D eigenvalue weighted by Crippen LogP contribution is 2.40. The number of quaternary nitrogens is 1. The number of phenolic OH excluding ortho intramolecular Hbond substituents is 1. The standard InChI is InChI=1S/C22H39NO2/c1-10-11-12-25-16-23(8,9)15-17-13-18(21(2,3)4)20(24)19(14-17)22(5,6)7/h13-14H,10-12,15-16H2,1-9H3/p+1. The van der Waals surface area contributed by atoms with Crippen molar-refractivity contribution in [2.75, 3.05) is 27.4 Å². The molecule has 0 amide bonds. The summed E-state index contributed by atoms with van der Waals surface area (Å²) in [5.41, 5.74) is 3.14. The first kappa shape index (κ1) is 22.0. The molecule has 1 N–H and O–H groups in total. The van der Waals surface area contributed by atoms with Gasteiger partial charge in [-0.15, -0.1) is 0 Å². The molecule has 0 unspecified atom stereocenters. The summed E-state index contributed by atoms with van der Waals surface area (Å²) >= 11 is 0. The van der Waals surface area contributed by atoms with Crippen LogP contribution in [0.3, 0.4) is 0 Å². The Morgan fingerprint density at radius 2 is 1.44 bits per heavy atom. The summed E-state index contributed by atoms with van der Waals surface area (Å²) in [6.45, 7) is 17.6. The maximum absolute atomic E-state index is 10.9. The zero-order valence-corrected chi connectivity index (χ0v) is 18.0. The predicted molar refractivity (Wildman–Crippen MR) is 107 cm³/mol. The Morgan fingerprint density at radius 1 is 0.960 bits per heavy atom. The zero-order valence-electron chi connectivity index (χ0n) is 18.0. The number of hydrogen-bond acceptors (Lipinski definition) is 2. The Labute approximate surface area is 155 Å². The molecule has 0 saturated heterocycles. The van der Waals surface area contributed by atoms with Gasteiger partial charge >= 0.3 is 0 Å².